The Morgan fingerprint density at radius 1 is 1.28 bits per heavy atom. The van der Waals surface area contributed by atoms with Crippen LogP contribution in [0, 0.1) is 0 Å². The van der Waals surface area contributed by atoms with Crippen LogP contribution in [0.2, 0.25) is 0 Å². The maximum atomic E-state index is 5.58. The third-order valence-electron chi connectivity index (χ3n) is 2.75. The van der Waals surface area contributed by atoms with Gasteiger partial charge < -0.3 is 4.57 Å². The van der Waals surface area contributed by atoms with Crippen molar-refractivity contribution >= 4 is 0 Å². The number of nitrogens with two attached hydrogens (primary N) is 1. The molecule has 2 rings (SSSR count). The highest BCUT2D eigenvalue weighted by Crippen LogP contribution is 2.12. The van der Waals surface area contributed by atoms with Crippen LogP contribution in [0.15, 0.2) is 30.9 Å². The molecule has 0 fully saturated rings. The highest BCUT2D eigenvalue weighted by molar-refractivity contribution is 5.02. The van der Waals surface area contributed by atoms with E-state index in [1.54, 1.807) is 18.5 Å². The van der Waals surface area contributed by atoms with E-state index in [0.717, 1.165) is 18.8 Å². The normalized spacial score (nSPS) is 12.6. The Bertz CT molecular complexity index is 466. The van der Waals surface area contributed by atoms with Gasteiger partial charge in [0.15, 0.2) is 0 Å². The fraction of sp³-hybridized carbons (Fsp3) is 0.417. The molecule has 6 heteroatoms. The van der Waals surface area contributed by atoms with E-state index < -0.39 is 0 Å². The summed E-state index contributed by atoms with van der Waals surface area (Å²) in [7, 11) is 0. The Morgan fingerprint density at radius 2 is 2.06 bits per heavy atom. The van der Waals surface area contributed by atoms with Crippen LogP contribution >= 0.6 is 0 Å². The molecule has 18 heavy (non-hydrogen) atoms. The molecular weight excluding hydrogens is 228 g/mol. The Balaban J connectivity index is 2.13. The summed E-state index contributed by atoms with van der Waals surface area (Å²) in [6.45, 7) is 3.10. The number of aromatic nitrogens is 4. The van der Waals surface area contributed by atoms with Crippen LogP contribution in [0.5, 0.6) is 0 Å². The first-order chi connectivity index (χ1) is 8.85. The van der Waals surface area contributed by atoms with Gasteiger partial charge in [-0.15, -0.1) is 0 Å². The molecule has 1 unspecified atom stereocenters. The van der Waals surface area contributed by atoms with E-state index in [9.17, 15) is 0 Å². The average molecular weight is 246 g/mol. The molecule has 0 aliphatic rings. The molecule has 1 atom stereocenters. The molecular formula is C12H18N6. The van der Waals surface area contributed by atoms with Gasteiger partial charge in [-0.3, -0.25) is 5.84 Å². The minimum absolute atomic E-state index is 0.121. The van der Waals surface area contributed by atoms with E-state index in [2.05, 4.69) is 31.9 Å². The van der Waals surface area contributed by atoms with Gasteiger partial charge in [-0.05, 0) is 12.5 Å². The van der Waals surface area contributed by atoms with E-state index in [-0.39, 0.29) is 6.04 Å². The van der Waals surface area contributed by atoms with E-state index in [0.29, 0.717) is 12.2 Å². The summed E-state index contributed by atoms with van der Waals surface area (Å²) in [5.41, 5.74) is 2.75. The fourth-order valence-corrected chi connectivity index (χ4v) is 1.87. The van der Waals surface area contributed by atoms with E-state index in [1.165, 1.54) is 0 Å². The zero-order valence-corrected chi connectivity index (χ0v) is 10.5. The summed E-state index contributed by atoms with van der Waals surface area (Å²) in [6, 6.07) is 1.67. The van der Waals surface area contributed by atoms with E-state index in [4.69, 9.17) is 5.84 Å². The molecule has 2 aromatic rings. The number of hydrazine groups is 1. The standard InChI is InChI=1S/C12H18N6/c1-2-7-18-8-6-14-11(18)9-10(17-13)12-15-4-3-5-16-12/h3-6,8,10,17H,2,7,9,13H2,1H3. The summed E-state index contributed by atoms with van der Waals surface area (Å²) in [5, 5.41) is 0. The van der Waals surface area contributed by atoms with Gasteiger partial charge in [-0.2, -0.15) is 0 Å². The first-order valence-corrected chi connectivity index (χ1v) is 6.08. The van der Waals surface area contributed by atoms with Gasteiger partial charge in [0.05, 0.1) is 6.04 Å². The van der Waals surface area contributed by atoms with Crippen molar-refractivity contribution in [3.63, 3.8) is 0 Å². The second kappa shape index (κ2) is 6.23. The average Bonchev–Trinajstić information content (AvgIpc) is 2.85. The number of nitrogens with one attached hydrogen (secondary N) is 1. The molecule has 0 aromatic carbocycles. The van der Waals surface area contributed by atoms with Gasteiger partial charge in [-0.25, -0.2) is 20.4 Å². The molecule has 0 spiro atoms. The second-order valence-corrected chi connectivity index (χ2v) is 4.07. The Labute approximate surface area is 106 Å². The number of imidazole rings is 1. The topological polar surface area (TPSA) is 81.7 Å². The van der Waals surface area contributed by atoms with Crippen LogP contribution in [-0.4, -0.2) is 19.5 Å². The van der Waals surface area contributed by atoms with Crippen LogP contribution in [0.25, 0.3) is 0 Å². The van der Waals surface area contributed by atoms with Gasteiger partial charge in [0, 0.05) is 37.8 Å². The maximum absolute atomic E-state index is 5.58. The largest absolute Gasteiger partial charge is 0.335 e. The Morgan fingerprint density at radius 3 is 2.72 bits per heavy atom. The quantitative estimate of drug-likeness (QED) is 0.583. The van der Waals surface area contributed by atoms with Crippen molar-refractivity contribution < 1.29 is 0 Å². The monoisotopic (exact) mass is 246 g/mol. The third-order valence-corrected chi connectivity index (χ3v) is 2.75. The molecule has 2 aromatic heterocycles. The zero-order chi connectivity index (χ0) is 12.8. The van der Waals surface area contributed by atoms with E-state index >= 15 is 0 Å². The first-order valence-electron chi connectivity index (χ1n) is 6.08. The molecule has 2 heterocycles. The van der Waals surface area contributed by atoms with Crippen molar-refractivity contribution in [2.75, 3.05) is 0 Å². The number of hydrogen-bond acceptors (Lipinski definition) is 5. The molecule has 6 nitrogen and oxygen atoms in total. The smallest absolute Gasteiger partial charge is 0.146 e. The zero-order valence-electron chi connectivity index (χ0n) is 10.5. The van der Waals surface area contributed by atoms with Crippen molar-refractivity contribution in [3.05, 3.63) is 42.5 Å². The van der Waals surface area contributed by atoms with Crippen molar-refractivity contribution in [1.29, 1.82) is 0 Å². The summed E-state index contributed by atoms with van der Waals surface area (Å²) in [6.07, 6.45) is 8.97. The van der Waals surface area contributed by atoms with Gasteiger partial charge in [0.1, 0.15) is 11.6 Å². The summed E-state index contributed by atoms with van der Waals surface area (Å²) in [5.74, 6) is 7.26. The van der Waals surface area contributed by atoms with Gasteiger partial charge in [0.25, 0.3) is 0 Å². The first kappa shape index (κ1) is 12.7. The van der Waals surface area contributed by atoms with Gasteiger partial charge >= 0.3 is 0 Å². The van der Waals surface area contributed by atoms with Crippen LogP contribution in [0.4, 0.5) is 0 Å². The van der Waals surface area contributed by atoms with Crippen molar-refractivity contribution in [2.24, 2.45) is 5.84 Å². The van der Waals surface area contributed by atoms with Crippen molar-refractivity contribution in [1.82, 2.24) is 24.9 Å². The van der Waals surface area contributed by atoms with Crippen molar-refractivity contribution in [3.8, 4) is 0 Å². The molecule has 0 aliphatic heterocycles. The molecule has 3 N–H and O–H groups in total. The minimum atomic E-state index is -0.121. The lowest BCUT2D eigenvalue weighted by Crippen LogP contribution is -2.31. The fourth-order valence-electron chi connectivity index (χ4n) is 1.87. The minimum Gasteiger partial charge on any atom is -0.335 e. The maximum Gasteiger partial charge on any atom is 0.146 e. The molecule has 0 bridgehead atoms. The second-order valence-electron chi connectivity index (χ2n) is 4.07. The molecule has 96 valence electrons. The van der Waals surface area contributed by atoms with Gasteiger partial charge in [-0.1, -0.05) is 6.92 Å². The predicted octanol–water partition coefficient (Wildman–Crippen LogP) is 0.830. The highest BCUT2D eigenvalue weighted by atomic mass is 15.2. The summed E-state index contributed by atoms with van der Waals surface area (Å²) < 4.78 is 2.13. The lowest BCUT2D eigenvalue weighted by Gasteiger charge is -2.14. The SMILES string of the molecule is CCCn1ccnc1CC(NN)c1ncccn1. The van der Waals surface area contributed by atoms with Gasteiger partial charge in [0.2, 0.25) is 0 Å². The Kier molecular flexibility index (Phi) is 4.38. The number of hydrogen-bond donors (Lipinski definition) is 2. The van der Waals surface area contributed by atoms with Crippen LogP contribution in [-0.2, 0) is 13.0 Å². The lowest BCUT2D eigenvalue weighted by atomic mass is 10.2. The molecule has 0 saturated heterocycles. The van der Waals surface area contributed by atoms with E-state index in [1.807, 2.05) is 12.4 Å². The highest BCUT2D eigenvalue weighted by Gasteiger charge is 2.15. The molecule has 0 radical (unpaired) electrons. The van der Waals surface area contributed by atoms with Crippen LogP contribution in [0.1, 0.15) is 31.0 Å². The number of nitrogens with zero attached hydrogens (tertiary/aromatic N) is 4. The van der Waals surface area contributed by atoms with Crippen molar-refractivity contribution in [2.45, 2.75) is 32.4 Å². The summed E-state index contributed by atoms with van der Waals surface area (Å²) in [4.78, 5) is 12.8. The molecule has 0 aliphatic carbocycles. The predicted molar refractivity (Wildman–Crippen MR) is 68.3 cm³/mol. The van der Waals surface area contributed by atoms with Crippen LogP contribution < -0.4 is 11.3 Å². The molecule has 0 amide bonds. The number of aryl methyl sites for hydroxylation is 1. The molecule has 0 saturated carbocycles. The summed E-state index contributed by atoms with van der Waals surface area (Å²) >= 11 is 0. The Hall–Kier alpha value is -1.79. The lowest BCUT2D eigenvalue weighted by molar-refractivity contribution is 0.494. The van der Waals surface area contributed by atoms with Crippen LogP contribution in [0.3, 0.4) is 0 Å². The number of rotatable bonds is 6. The third kappa shape index (κ3) is 2.91.